The van der Waals surface area contributed by atoms with E-state index in [4.69, 9.17) is 10.5 Å². The highest BCUT2D eigenvalue weighted by atomic mass is 32.2. The molecule has 3 rings (SSSR count). The zero-order chi connectivity index (χ0) is 14.2. The van der Waals surface area contributed by atoms with E-state index in [-0.39, 0.29) is 11.9 Å². The van der Waals surface area contributed by atoms with Crippen molar-refractivity contribution in [2.75, 3.05) is 12.9 Å². The predicted molar refractivity (Wildman–Crippen MR) is 78.5 cm³/mol. The fourth-order valence-electron chi connectivity index (χ4n) is 2.32. The molecular weight excluding hydrogens is 274 g/mol. The Morgan fingerprint density at radius 3 is 2.95 bits per heavy atom. The molecule has 1 unspecified atom stereocenters. The monoisotopic (exact) mass is 291 g/mol. The molecule has 1 saturated carbocycles. The fourth-order valence-corrected chi connectivity index (χ4v) is 3.39. The van der Waals surface area contributed by atoms with Crippen molar-refractivity contribution in [1.82, 2.24) is 9.97 Å². The van der Waals surface area contributed by atoms with Gasteiger partial charge in [0.25, 0.3) is 0 Å². The number of rotatable bonds is 5. The number of aromatic nitrogens is 2. The highest BCUT2D eigenvalue weighted by molar-refractivity contribution is 7.99. The maximum absolute atomic E-state index is 11.9. The zero-order valence-corrected chi connectivity index (χ0v) is 12.1. The number of ether oxygens (including phenoxy) is 1. The molecule has 0 aliphatic heterocycles. The Kier molecular flexibility index (Phi) is 3.43. The average Bonchev–Trinajstić information content (AvgIpc) is 3.24. The summed E-state index contributed by atoms with van der Waals surface area (Å²) < 4.78 is 4.86. The Morgan fingerprint density at radius 2 is 2.30 bits per heavy atom. The third kappa shape index (κ3) is 2.41. The van der Waals surface area contributed by atoms with E-state index < -0.39 is 5.54 Å². The molecule has 6 heteroatoms. The number of nitrogens with two attached hydrogens (primary N) is 1. The van der Waals surface area contributed by atoms with Crippen molar-refractivity contribution >= 4 is 28.8 Å². The molecule has 0 bridgehead atoms. The minimum atomic E-state index is -0.904. The molecular formula is C14H17N3O2S. The van der Waals surface area contributed by atoms with Crippen molar-refractivity contribution < 1.29 is 9.53 Å². The van der Waals surface area contributed by atoms with Crippen molar-refractivity contribution in [3.05, 3.63) is 24.3 Å². The van der Waals surface area contributed by atoms with Gasteiger partial charge in [0.15, 0.2) is 5.16 Å². The summed E-state index contributed by atoms with van der Waals surface area (Å²) in [6, 6.07) is 7.83. The van der Waals surface area contributed by atoms with Crippen LogP contribution in [0, 0.1) is 5.92 Å². The second-order valence-corrected chi connectivity index (χ2v) is 6.12. The first kappa shape index (κ1) is 13.5. The van der Waals surface area contributed by atoms with Gasteiger partial charge in [-0.1, -0.05) is 23.9 Å². The Hall–Kier alpha value is -1.53. The number of esters is 1. The van der Waals surface area contributed by atoms with E-state index in [1.54, 1.807) is 0 Å². The van der Waals surface area contributed by atoms with Gasteiger partial charge in [-0.25, -0.2) is 4.98 Å². The molecule has 1 atom stereocenters. The molecule has 1 aliphatic carbocycles. The smallest absolute Gasteiger partial charge is 0.327 e. The molecule has 1 aromatic heterocycles. The largest absolute Gasteiger partial charge is 0.468 e. The summed E-state index contributed by atoms with van der Waals surface area (Å²) in [6.07, 6.45) is 1.98. The first-order chi connectivity index (χ1) is 9.63. The van der Waals surface area contributed by atoms with Crippen LogP contribution in [0.15, 0.2) is 29.4 Å². The van der Waals surface area contributed by atoms with Gasteiger partial charge in [0.05, 0.1) is 18.1 Å². The van der Waals surface area contributed by atoms with Crippen LogP contribution < -0.4 is 5.73 Å². The number of nitrogens with one attached hydrogen (secondary N) is 1. The van der Waals surface area contributed by atoms with Crippen LogP contribution in [-0.4, -0.2) is 34.3 Å². The van der Waals surface area contributed by atoms with Crippen LogP contribution >= 0.6 is 11.8 Å². The number of methoxy groups -OCH3 is 1. The summed E-state index contributed by atoms with van der Waals surface area (Å²) in [5.74, 6) is 0.375. The minimum absolute atomic E-state index is 0.229. The lowest BCUT2D eigenvalue weighted by molar-refractivity contribution is -0.146. The standard InChI is InChI=1S/C14H17N3O2S/c1-19-12(18)14(15,9-6-7-9)8-20-13-16-10-4-2-3-5-11(10)17-13/h2-5,9H,6-8,15H2,1H3,(H,16,17). The normalized spacial score (nSPS) is 17.9. The van der Waals surface area contributed by atoms with E-state index in [0.717, 1.165) is 29.0 Å². The van der Waals surface area contributed by atoms with Gasteiger partial charge in [-0.2, -0.15) is 0 Å². The first-order valence-corrected chi connectivity index (χ1v) is 7.57. The number of thioether (sulfide) groups is 1. The molecule has 0 saturated heterocycles. The fraction of sp³-hybridized carbons (Fsp3) is 0.429. The number of carbonyl (C=O) groups excluding carboxylic acids is 1. The molecule has 1 aromatic carbocycles. The number of carbonyl (C=O) groups is 1. The summed E-state index contributed by atoms with van der Waals surface area (Å²) in [5.41, 5.74) is 7.26. The second-order valence-electron chi connectivity index (χ2n) is 5.15. The van der Waals surface area contributed by atoms with E-state index >= 15 is 0 Å². The van der Waals surface area contributed by atoms with Crippen LogP contribution in [0.4, 0.5) is 0 Å². The van der Waals surface area contributed by atoms with Crippen molar-refractivity contribution in [2.45, 2.75) is 23.5 Å². The van der Waals surface area contributed by atoms with Crippen LogP contribution in [0.5, 0.6) is 0 Å². The predicted octanol–water partition coefficient (Wildman–Crippen LogP) is 1.94. The quantitative estimate of drug-likeness (QED) is 0.650. The third-order valence-electron chi connectivity index (χ3n) is 3.69. The van der Waals surface area contributed by atoms with Gasteiger partial charge >= 0.3 is 5.97 Å². The van der Waals surface area contributed by atoms with Crippen LogP contribution in [0.1, 0.15) is 12.8 Å². The number of imidazole rings is 1. The Labute approximate surface area is 121 Å². The third-order valence-corrected chi connectivity index (χ3v) is 4.78. The highest BCUT2D eigenvalue weighted by Gasteiger charge is 2.49. The van der Waals surface area contributed by atoms with Crippen molar-refractivity contribution in [1.29, 1.82) is 0 Å². The number of fused-ring (bicyclic) bond motifs is 1. The first-order valence-electron chi connectivity index (χ1n) is 6.58. The maximum Gasteiger partial charge on any atom is 0.327 e. The van der Waals surface area contributed by atoms with Crippen LogP contribution in [0.2, 0.25) is 0 Å². The van der Waals surface area contributed by atoms with E-state index in [2.05, 4.69) is 9.97 Å². The number of H-pyrrole nitrogens is 1. The topological polar surface area (TPSA) is 81.0 Å². The molecule has 1 fully saturated rings. The second kappa shape index (κ2) is 5.10. The lowest BCUT2D eigenvalue weighted by Crippen LogP contribution is -2.53. The van der Waals surface area contributed by atoms with E-state index in [0.29, 0.717) is 5.75 Å². The maximum atomic E-state index is 11.9. The molecule has 20 heavy (non-hydrogen) atoms. The van der Waals surface area contributed by atoms with Gasteiger partial charge < -0.3 is 15.5 Å². The van der Waals surface area contributed by atoms with Crippen LogP contribution in [0.3, 0.4) is 0 Å². The number of hydrogen-bond donors (Lipinski definition) is 2. The molecule has 3 N–H and O–H groups in total. The van der Waals surface area contributed by atoms with E-state index in [1.807, 2.05) is 24.3 Å². The molecule has 2 aromatic rings. The zero-order valence-electron chi connectivity index (χ0n) is 11.3. The Balaban J connectivity index is 1.75. The van der Waals surface area contributed by atoms with Gasteiger partial charge in [0.1, 0.15) is 5.54 Å². The molecule has 106 valence electrons. The number of aromatic amines is 1. The summed E-state index contributed by atoms with van der Waals surface area (Å²) >= 11 is 1.47. The number of hydrogen-bond acceptors (Lipinski definition) is 5. The van der Waals surface area contributed by atoms with Crippen LogP contribution in [-0.2, 0) is 9.53 Å². The Bertz CT molecular complexity index is 605. The summed E-state index contributed by atoms with van der Waals surface area (Å²) in [7, 11) is 1.39. The summed E-state index contributed by atoms with van der Waals surface area (Å²) in [4.78, 5) is 19.6. The van der Waals surface area contributed by atoms with Gasteiger partial charge in [0.2, 0.25) is 0 Å². The lowest BCUT2D eigenvalue weighted by atomic mass is 9.97. The number of para-hydroxylation sites is 2. The van der Waals surface area contributed by atoms with Crippen molar-refractivity contribution in [2.24, 2.45) is 11.7 Å². The summed E-state index contributed by atoms with van der Waals surface area (Å²) in [6.45, 7) is 0. The molecule has 5 nitrogen and oxygen atoms in total. The number of nitrogens with zero attached hydrogens (tertiary/aromatic N) is 1. The average molecular weight is 291 g/mol. The molecule has 0 spiro atoms. The SMILES string of the molecule is COC(=O)C(N)(CSc1nc2ccccc2[nH]1)C1CC1. The minimum Gasteiger partial charge on any atom is -0.468 e. The number of benzene rings is 1. The van der Waals surface area contributed by atoms with E-state index in [1.165, 1.54) is 18.9 Å². The molecule has 0 amide bonds. The van der Waals surface area contributed by atoms with Crippen LogP contribution in [0.25, 0.3) is 11.0 Å². The summed E-state index contributed by atoms with van der Waals surface area (Å²) in [5, 5.41) is 0.783. The molecule has 0 radical (unpaired) electrons. The van der Waals surface area contributed by atoms with Gasteiger partial charge in [0, 0.05) is 5.75 Å². The van der Waals surface area contributed by atoms with E-state index in [9.17, 15) is 4.79 Å². The Morgan fingerprint density at radius 1 is 1.55 bits per heavy atom. The highest BCUT2D eigenvalue weighted by Crippen LogP contribution is 2.41. The van der Waals surface area contributed by atoms with Gasteiger partial charge in [-0.15, -0.1) is 0 Å². The van der Waals surface area contributed by atoms with Gasteiger partial charge in [-0.3, -0.25) is 4.79 Å². The van der Waals surface area contributed by atoms with Crippen molar-refractivity contribution in [3.63, 3.8) is 0 Å². The molecule has 1 heterocycles. The lowest BCUT2D eigenvalue weighted by Gasteiger charge is -2.25. The van der Waals surface area contributed by atoms with Gasteiger partial charge in [-0.05, 0) is 30.9 Å². The van der Waals surface area contributed by atoms with Crippen molar-refractivity contribution in [3.8, 4) is 0 Å². The molecule has 1 aliphatic rings.